The fourth-order valence-electron chi connectivity index (χ4n) is 11.5. The van der Waals surface area contributed by atoms with Gasteiger partial charge in [-0.2, -0.15) is 119 Å². The van der Waals surface area contributed by atoms with Crippen molar-refractivity contribution in [1.82, 2.24) is 0 Å². The maximum absolute atomic E-state index is 15.1. The first-order chi connectivity index (χ1) is 43.3. The van der Waals surface area contributed by atoms with E-state index < -0.39 is 182 Å². The molecule has 0 spiro atoms. The van der Waals surface area contributed by atoms with E-state index >= 15 is 119 Å². The Morgan fingerprint density at radius 1 is 0.138 bits per heavy atom. The third-order valence-electron chi connectivity index (χ3n) is 15.7. The van der Waals surface area contributed by atoms with Crippen LogP contribution in [0.3, 0.4) is 0 Å². The molecule has 494 valence electrons. The lowest BCUT2D eigenvalue weighted by molar-refractivity contribution is -0.138. The van der Waals surface area contributed by atoms with E-state index in [-0.39, 0.29) is 0 Å². The van der Waals surface area contributed by atoms with E-state index in [2.05, 4.69) is 0 Å². The van der Waals surface area contributed by atoms with E-state index in [1.54, 1.807) is 0 Å². The summed E-state index contributed by atoms with van der Waals surface area (Å²) < 4.78 is 407. The summed E-state index contributed by atoms with van der Waals surface area (Å²) in [6.07, 6.45) is -48.4. The maximum atomic E-state index is 15.1. The summed E-state index contributed by atoms with van der Waals surface area (Å²) in [5.74, 6) is 0. The van der Waals surface area contributed by atoms with Crippen LogP contribution in [0.2, 0.25) is 0 Å². The smallest absolute Gasteiger partial charge is 0.166 e. The van der Waals surface area contributed by atoms with E-state index in [0.717, 1.165) is 0 Å². The van der Waals surface area contributed by atoms with Gasteiger partial charge in [-0.3, -0.25) is 0 Å². The quantitative estimate of drug-likeness (QED) is 0.0495. The first-order valence-electron chi connectivity index (χ1n) is 26.7. The van der Waals surface area contributed by atoms with Crippen LogP contribution < -0.4 is 46.7 Å². The van der Waals surface area contributed by atoms with E-state index in [1.165, 1.54) is 0 Å². The topological polar surface area (TPSA) is 0 Å². The Morgan fingerprint density at radius 3 is 0.277 bits per heavy atom. The van der Waals surface area contributed by atoms with Gasteiger partial charge >= 0.3 is 55.6 Å². The van der Waals surface area contributed by atoms with E-state index in [1.807, 2.05) is 0 Å². The molecule has 94 heavy (non-hydrogen) atoms. The van der Waals surface area contributed by atoms with Crippen LogP contribution in [0.25, 0.3) is 0 Å². The minimum absolute atomic E-state index is 0.313. The van der Waals surface area contributed by atoms with Gasteiger partial charge in [0.2, 0.25) is 0 Å². The molecule has 0 aliphatic carbocycles. The van der Waals surface area contributed by atoms with Crippen molar-refractivity contribution in [3.05, 3.63) is 268 Å². The van der Waals surface area contributed by atoms with Crippen molar-refractivity contribution < 1.29 is 119 Å². The van der Waals surface area contributed by atoms with Gasteiger partial charge in [0.25, 0.3) is 0 Å². The Kier molecular flexibility index (Phi) is 18.3. The first-order valence-corrected chi connectivity index (χ1v) is 36.5. The van der Waals surface area contributed by atoms with Crippen LogP contribution in [0.4, 0.5) is 119 Å². The molecule has 0 bridgehead atoms. The van der Waals surface area contributed by atoms with E-state index in [0.29, 0.717) is 218 Å². The largest absolute Gasteiger partial charge is 0.416 e. The number of benzene rings is 9. The van der Waals surface area contributed by atoms with Crippen LogP contribution in [0.15, 0.2) is 218 Å². The third kappa shape index (κ3) is 13.4. The predicted molar refractivity (Wildman–Crippen MR) is 304 cm³/mol. The molecule has 0 aliphatic rings. The summed E-state index contributed by atoms with van der Waals surface area (Å²) in [4.78, 5) is 0. The Balaban J connectivity index is 1.78. The van der Waals surface area contributed by atoms with Crippen LogP contribution in [0, 0.1) is 0 Å². The van der Waals surface area contributed by atoms with Gasteiger partial charge in [0.05, 0.1) is 50.1 Å². The van der Waals surface area contributed by atoms with Crippen molar-refractivity contribution in [2.24, 2.45) is 0 Å². The lowest BCUT2D eigenvalue weighted by atomic mass is 10.2. The van der Waals surface area contributed by atoms with Crippen molar-refractivity contribution in [2.45, 2.75) is 55.6 Å². The molecule has 0 nitrogen and oxygen atoms in total. The number of alkyl halides is 27. The Morgan fingerprint density at radius 2 is 0.213 bits per heavy atom. The fourth-order valence-corrected chi connectivity index (χ4v) is 74.2. The molecule has 0 saturated heterocycles. The molecule has 0 N–H and O–H groups in total. The van der Waals surface area contributed by atoms with Gasteiger partial charge in [0, 0.05) is 0 Å². The van der Waals surface area contributed by atoms with Gasteiger partial charge in [0.15, 0.2) is 23.2 Å². The second-order valence-electron chi connectivity index (χ2n) is 21.1. The second-order valence-corrected chi connectivity index (χ2v) is 45.4. The molecule has 0 saturated carbocycles. The predicted octanol–water partition coefficient (Wildman–Crippen LogP) is 16.6. The molecule has 9 rings (SSSR count). The number of hydrogen-bond donors (Lipinski definition) is 0. The average Bonchev–Trinajstić information content (AvgIpc) is 0.666. The number of halogens is 27. The molecule has 0 unspecified atom stereocenters. The minimum atomic E-state index is -6.22. The van der Waals surface area contributed by atoms with Crippen LogP contribution >= 0.6 is 6.57 Å². The molecule has 31 heteroatoms. The zero-order valence-electron chi connectivity index (χ0n) is 46.4. The number of hydrogen-bond acceptors (Lipinski definition) is 0. The zero-order valence-corrected chi connectivity index (χ0v) is 50.3. The van der Waals surface area contributed by atoms with Gasteiger partial charge in [-0.1, -0.05) is 225 Å². The summed E-state index contributed by atoms with van der Waals surface area (Å²) in [5, 5.41) is -6.03. The van der Waals surface area contributed by atoms with Gasteiger partial charge in [-0.15, -0.1) is 0 Å². The molecule has 0 fully saturated rings. The number of rotatable bonds is 12. The van der Waals surface area contributed by atoms with Crippen LogP contribution in [0.1, 0.15) is 50.1 Å². The summed E-state index contributed by atoms with van der Waals surface area (Å²) in [7, 11) is -18.6. The molecule has 0 atom stereocenters. The molecule has 0 amide bonds. The molecule has 0 aromatic heterocycles. The zero-order chi connectivity index (χ0) is 69.4. The van der Waals surface area contributed by atoms with Gasteiger partial charge < -0.3 is 0 Å². The molecule has 0 heterocycles. The Labute approximate surface area is 517 Å². The summed E-state index contributed by atoms with van der Waals surface area (Å²) >= 11 is 0. The normalized spacial score (nSPS) is 13.8. The molecular formula is C63H36F27PSi3. The maximum Gasteiger partial charge on any atom is 0.416 e. The van der Waals surface area contributed by atoms with Gasteiger partial charge in [-0.05, 0) is 46.7 Å². The summed E-state index contributed by atoms with van der Waals surface area (Å²) in [6, 6.07) is 16.8. The SMILES string of the molecule is FC(F)(F)c1ccc([Si](c2ccc(C(F)(F)F)cc2)(c2ccc(C(F)(F)F)cc2)P([Si](c2ccc(C(F)(F)F)cc2)(c2ccc(C(F)(F)F)cc2)c2ccc(C(F)(F)F)cc2)[Si](c2ccc(C(F)(F)F)cc2)(c2ccc(C(F)(F)F)cc2)c2ccc(C(F)(F)F)cc2)cc1. The molecule has 0 aliphatic heterocycles. The lowest BCUT2D eigenvalue weighted by Crippen LogP contribution is -2.84. The third-order valence-corrected chi connectivity index (χ3v) is 59.3. The molecular weight excluding hydrogens is 1380 g/mol. The monoisotopic (exact) mass is 1420 g/mol. The second kappa shape index (κ2) is 24.4. The first kappa shape index (κ1) is 70.5. The highest BCUT2D eigenvalue weighted by atomic mass is 31.8. The van der Waals surface area contributed by atoms with Crippen LogP contribution in [-0.4, -0.2) is 23.2 Å². The van der Waals surface area contributed by atoms with E-state index in [9.17, 15) is 0 Å². The molecule has 9 aromatic carbocycles. The van der Waals surface area contributed by atoms with Crippen molar-refractivity contribution in [2.75, 3.05) is 0 Å². The minimum Gasteiger partial charge on any atom is -0.166 e. The standard InChI is InChI=1S/C63H36F27PSi3/c64-55(65,66)37-1-19-46(20-2-37)92(47-21-3-38(4-22-47)56(67,68)69,48-23-5-39(6-24-48)57(70,71)72)91(93(49-25-7-40(8-26-49)58(73,74)75,50-27-9-41(10-28-50)59(76,77)78)51-29-11-42(12-30-51)60(79,80)81)94(52-31-13-43(14-32-52)61(82,83)84,53-33-15-44(16-34-53)62(85,86)87)54-35-17-45(18-36-54)63(88,89)90/h1-36H. The van der Waals surface area contributed by atoms with Crippen LogP contribution in [-0.2, 0) is 55.6 Å². The van der Waals surface area contributed by atoms with Gasteiger partial charge in [-0.25, -0.2) is 0 Å². The van der Waals surface area contributed by atoms with Gasteiger partial charge in [0.1, 0.15) is 0 Å². The highest BCUT2D eigenvalue weighted by Gasteiger charge is 2.69. The van der Waals surface area contributed by atoms with Crippen molar-refractivity contribution in [1.29, 1.82) is 0 Å². The molecule has 0 radical (unpaired) electrons. The summed E-state index contributed by atoms with van der Waals surface area (Å²) in [5.41, 5.74) is -14.3. The Bertz CT molecular complexity index is 3240. The highest BCUT2D eigenvalue weighted by Crippen LogP contribution is 2.61. The lowest BCUT2D eigenvalue weighted by Gasteiger charge is -2.59. The van der Waals surface area contributed by atoms with E-state index in [4.69, 9.17) is 0 Å². The Hall–Kier alpha value is -7.83. The van der Waals surface area contributed by atoms with Crippen molar-refractivity contribution in [3.8, 4) is 0 Å². The molecule has 9 aromatic rings. The average molecular weight is 1420 g/mol. The van der Waals surface area contributed by atoms with Crippen molar-refractivity contribution >= 4 is 76.5 Å². The fraction of sp³-hybridized carbons (Fsp3) is 0.143. The highest BCUT2D eigenvalue weighted by molar-refractivity contribution is 8.45. The summed E-state index contributed by atoms with van der Waals surface area (Å²) in [6.45, 7) is -4.04. The van der Waals surface area contributed by atoms with Crippen molar-refractivity contribution in [3.63, 3.8) is 0 Å². The van der Waals surface area contributed by atoms with Crippen LogP contribution in [0.5, 0.6) is 0 Å².